The quantitative estimate of drug-likeness (QED) is 0.617. The molecule has 17 heavy (non-hydrogen) atoms. The van der Waals surface area contributed by atoms with E-state index in [9.17, 15) is 9.59 Å². The first-order valence-electron chi connectivity index (χ1n) is 4.74. The van der Waals surface area contributed by atoms with Gasteiger partial charge in [0, 0.05) is 0 Å². The molecule has 0 aliphatic carbocycles. The number of hydrogen-bond acceptors (Lipinski definition) is 3. The number of ketones is 1. The minimum atomic E-state index is -0.181. The Hall–Kier alpha value is -1.01. The Labute approximate surface area is 117 Å². The van der Waals surface area contributed by atoms with Gasteiger partial charge in [-0.15, -0.1) is 0 Å². The van der Waals surface area contributed by atoms with Crippen molar-refractivity contribution in [3.8, 4) is 0 Å². The highest BCUT2D eigenvalue weighted by Crippen LogP contribution is 2.04. The second-order valence-electron chi connectivity index (χ2n) is 3.37. The Balaban J connectivity index is 0.00000144. The van der Waals surface area contributed by atoms with Gasteiger partial charge in [0.2, 0.25) is 0 Å². The molecule has 1 heterocycles. The molecule has 0 fully saturated rings. The Morgan fingerprint density at radius 2 is 2.06 bits per heavy atom. The van der Waals surface area contributed by atoms with Gasteiger partial charge in [-0.1, -0.05) is 28.1 Å². The van der Waals surface area contributed by atoms with Gasteiger partial charge in [-0.25, -0.2) is 4.98 Å². The molecular weight excluding hydrogens is 352 g/mol. The van der Waals surface area contributed by atoms with Crippen molar-refractivity contribution >= 4 is 32.6 Å². The van der Waals surface area contributed by atoms with Crippen molar-refractivity contribution in [2.75, 3.05) is 5.33 Å². The topological polar surface area (TPSA) is 52.0 Å². The number of carbonyl (C=O) groups is 1. The summed E-state index contributed by atoms with van der Waals surface area (Å²) in [5, 5.41) is 0.777. The summed E-state index contributed by atoms with van der Waals surface area (Å²) < 4.78 is 1.33. The van der Waals surface area contributed by atoms with Gasteiger partial charge in [0.25, 0.3) is 5.56 Å². The van der Waals surface area contributed by atoms with E-state index in [0.717, 1.165) is 0 Å². The van der Waals surface area contributed by atoms with Crippen LogP contribution in [-0.4, -0.2) is 20.7 Å². The first kappa shape index (κ1) is 14.1. The van der Waals surface area contributed by atoms with Gasteiger partial charge in [0.1, 0.15) is 0 Å². The maximum absolute atomic E-state index is 11.9. The fraction of sp³-hybridized carbons (Fsp3) is 0.182. The van der Waals surface area contributed by atoms with E-state index < -0.39 is 0 Å². The lowest BCUT2D eigenvalue weighted by Crippen LogP contribution is -3.00. The van der Waals surface area contributed by atoms with E-state index in [1.54, 1.807) is 18.2 Å². The predicted molar refractivity (Wildman–Crippen MR) is 64.8 cm³/mol. The molecule has 0 saturated heterocycles. The molecule has 0 atom stereocenters. The Morgan fingerprint density at radius 3 is 2.76 bits per heavy atom. The third-order valence-corrected chi connectivity index (χ3v) is 2.85. The van der Waals surface area contributed by atoms with Gasteiger partial charge in [0.05, 0.1) is 29.1 Å². The molecule has 0 N–H and O–H groups in total. The first-order valence-corrected chi connectivity index (χ1v) is 5.86. The van der Waals surface area contributed by atoms with Crippen molar-refractivity contribution < 1.29 is 21.8 Å². The minimum absolute atomic E-state index is 0. The Morgan fingerprint density at radius 1 is 1.35 bits per heavy atom. The average molecular weight is 361 g/mol. The number of rotatable bonds is 3. The molecule has 1 aromatic heterocycles. The van der Waals surface area contributed by atoms with Crippen LogP contribution < -0.4 is 22.5 Å². The number of benzene rings is 1. The first-order chi connectivity index (χ1) is 7.72. The van der Waals surface area contributed by atoms with Crippen LogP contribution >= 0.6 is 15.9 Å². The van der Waals surface area contributed by atoms with Crippen LogP contribution in [0.1, 0.15) is 0 Å². The zero-order valence-electron chi connectivity index (χ0n) is 8.77. The van der Waals surface area contributed by atoms with E-state index in [1.807, 2.05) is 6.07 Å². The highest BCUT2D eigenvalue weighted by molar-refractivity contribution is 9.09. The monoisotopic (exact) mass is 359 g/mol. The summed E-state index contributed by atoms with van der Waals surface area (Å²) >= 11 is 3.06. The van der Waals surface area contributed by atoms with Crippen molar-refractivity contribution in [3.05, 3.63) is 40.9 Å². The molecule has 6 heteroatoms. The van der Waals surface area contributed by atoms with E-state index in [0.29, 0.717) is 10.9 Å². The van der Waals surface area contributed by atoms with Crippen molar-refractivity contribution in [2.45, 2.75) is 6.54 Å². The summed E-state index contributed by atoms with van der Waals surface area (Å²) in [5.74, 6) is -0.0563. The molecule has 0 aliphatic heterocycles. The molecule has 0 radical (unpaired) electrons. The molecule has 90 valence electrons. The van der Waals surface area contributed by atoms with Crippen LogP contribution in [0.25, 0.3) is 10.9 Å². The summed E-state index contributed by atoms with van der Waals surface area (Å²) in [6, 6.07) is 7.08. The number of para-hydroxylation sites is 1. The average Bonchev–Trinajstić information content (AvgIpc) is 2.33. The van der Waals surface area contributed by atoms with Gasteiger partial charge >= 0.3 is 0 Å². The van der Waals surface area contributed by atoms with E-state index in [1.165, 1.54) is 10.9 Å². The van der Waals surface area contributed by atoms with E-state index >= 15 is 0 Å². The second kappa shape index (κ2) is 6.07. The van der Waals surface area contributed by atoms with Crippen LogP contribution in [-0.2, 0) is 11.3 Å². The standard InChI is InChI=1S/C11H9BrN2O2.BrH/c12-5-8(15)6-14-7-13-10-4-2-1-3-9(10)11(14)16;/h1-4,7H,5-6H2;1H/p-1. The van der Waals surface area contributed by atoms with Crippen molar-refractivity contribution in [1.82, 2.24) is 9.55 Å². The zero-order valence-corrected chi connectivity index (χ0v) is 11.9. The molecule has 0 unspecified atom stereocenters. The van der Waals surface area contributed by atoms with Crippen molar-refractivity contribution in [2.24, 2.45) is 0 Å². The lowest BCUT2D eigenvalue weighted by molar-refractivity contribution is -0.117. The van der Waals surface area contributed by atoms with Gasteiger partial charge in [0.15, 0.2) is 5.78 Å². The van der Waals surface area contributed by atoms with Crippen LogP contribution in [0.2, 0.25) is 0 Å². The molecule has 4 nitrogen and oxygen atoms in total. The molecule has 0 spiro atoms. The summed E-state index contributed by atoms with van der Waals surface area (Å²) in [7, 11) is 0. The number of halogens is 2. The molecule has 0 bridgehead atoms. The van der Waals surface area contributed by atoms with Gasteiger partial charge in [-0.3, -0.25) is 14.2 Å². The summed E-state index contributed by atoms with van der Waals surface area (Å²) in [5.41, 5.74) is 0.468. The number of fused-ring (bicyclic) bond motifs is 1. The van der Waals surface area contributed by atoms with Crippen LogP contribution in [0, 0.1) is 0 Å². The molecule has 0 saturated carbocycles. The van der Waals surface area contributed by atoms with Crippen LogP contribution in [0.5, 0.6) is 0 Å². The number of aromatic nitrogens is 2. The fourth-order valence-corrected chi connectivity index (χ4v) is 1.63. The fourth-order valence-electron chi connectivity index (χ4n) is 1.45. The highest BCUT2D eigenvalue weighted by atomic mass is 79.9. The van der Waals surface area contributed by atoms with Crippen molar-refractivity contribution in [1.29, 1.82) is 0 Å². The minimum Gasteiger partial charge on any atom is -1.00 e. The zero-order chi connectivity index (χ0) is 11.5. The van der Waals surface area contributed by atoms with E-state index in [4.69, 9.17) is 0 Å². The molecule has 2 aromatic rings. The van der Waals surface area contributed by atoms with Crippen LogP contribution in [0.4, 0.5) is 0 Å². The molecule has 0 aliphatic rings. The van der Waals surface area contributed by atoms with Crippen LogP contribution in [0.15, 0.2) is 35.4 Å². The largest absolute Gasteiger partial charge is 1.00 e. The molecular formula is C11H9Br2N2O2-. The maximum Gasteiger partial charge on any atom is 0.261 e. The molecule has 2 rings (SSSR count). The summed E-state index contributed by atoms with van der Waals surface area (Å²) in [6.07, 6.45) is 1.41. The van der Waals surface area contributed by atoms with E-state index in [2.05, 4.69) is 20.9 Å². The van der Waals surface area contributed by atoms with Gasteiger partial charge in [-0.05, 0) is 12.1 Å². The Kier molecular flexibility index (Phi) is 5.02. The summed E-state index contributed by atoms with van der Waals surface area (Å²) in [4.78, 5) is 27.3. The normalized spacial score (nSPS) is 9.94. The van der Waals surface area contributed by atoms with E-state index in [-0.39, 0.29) is 40.2 Å². The number of carbonyl (C=O) groups excluding carboxylic acids is 1. The third kappa shape index (κ3) is 3.01. The Bertz CT molecular complexity index is 595. The summed E-state index contributed by atoms with van der Waals surface area (Å²) in [6.45, 7) is 0.0575. The second-order valence-corrected chi connectivity index (χ2v) is 3.93. The SMILES string of the molecule is O=C(CBr)Cn1cnc2ccccc2c1=O.[Br-]. The number of alkyl halides is 1. The van der Waals surface area contributed by atoms with Crippen molar-refractivity contribution in [3.63, 3.8) is 0 Å². The lowest BCUT2D eigenvalue weighted by Gasteiger charge is -2.04. The third-order valence-electron chi connectivity index (χ3n) is 2.23. The number of hydrogen-bond donors (Lipinski definition) is 0. The maximum atomic E-state index is 11.9. The predicted octanol–water partition coefficient (Wildman–Crippen LogP) is -1.64. The lowest BCUT2D eigenvalue weighted by atomic mass is 10.2. The molecule has 0 amide bonds. The van der Waals surface area contributed by atoms with Crippen LogP contribution in [0.3, 0.4) is 0 Å². The number of Topliss-reactive ketones (excluding diaryl/α,β-unsaturated/α-hetero) is 1. The highest BCUT2D eigenvalue weighted by Gasteiger charge is 2.06. The number of nitrogens with zero attached hydrogens (tertiary/aromatic N) is 2. The van der Waals surface area contributed by atoms with Gasteiger partial charge < -0.3 is 17.0 Å². The van der Waals surface area contributed by atoms with Gasteiger partial charge in [-0.2, -0.15) is 0 Å². The molecule has 1 aromatic carbocycles. The smallest absolute Gasteiger partial charge is 0.261 e.